The molecule has 1 aromatic heterocycles. The minimum Gasteiger partial charge on any atom is -0.495 e. The maximum absolute atomic E-state index is 12.7. The lowest BCUT2D eigenvalue weighted by Crippen LogP contribution is -2.09. The molecule has 0 aliphatic heterocycles. The summed E-state index contributed by atoms with van der Waals surface area (Å²) in [5, 5.41) is 12.2. The van der Waals surface area contributed by atoms with Gasteiger partial charge in [0.05, 0.1) is 17.3 Å². The summed E-state index contributed by atoms with van der Waals surface area (Å²) in [5.41, 5.74) is 6.08. The number of nitrogens with one attached hydrogen (secondary N) is 1. The maximum Gasteiger partial charge on any atom is 0.248 e. The first kappa shape index (κ1) is 25.1. The number of ether oxygens (including phenoxy) is 1. The highest BCUT2D eigenvalue weighted by atomic mass is 79.9. The van der Waals surface area contributed by atoms with E-state index < -0.39 is 0 Å². The van der Waals surface area contributed by atoms with Crippen molar-refractivity contribution in [3.63, 3.8) is 0 Å². The van der Waals surface area contributed by atoms with Crippen LogP contribution in [-0.2, 0) is 11.2 Å². The fourth-order valence-corrected chi connectivity index (χ4v) is 5.17. The van der Waals surface area contributed by atoms with E-state index in [0.717, 1.165) is 37.7 Å². The summed E-state index contributed by atoms with van der Waals surface area (Å²) in [6.45, 7) is 4.13. The summed E-state index contributed by atoms with van der Waals surface area (Å²) in [7, 11) is 1.60. The first-order valence-corrected chi connectivity index (χ1v) is 13.0. The Hall–Kier alpha value is -2.97. The second-order valence-electron chi connectivity index (χ2n) is 8.25. The van der Waals surface area contributed by atoms with Gasteiger partial charge in [-0.25, -0.2) is 0 Å². The predicted octanol–water partition coefficient (Wildman–Crippen LogP) is 7.26. The number of aryl methyl sites for hydroxylation is 2. The summed E-state index contributed by atoms with van der Waals surface area (Å²) in [5.74, 6) is 0.408. The number of amides is 1. The van der Waals surface area contributed by atoms with Gasteiger partial charge in [-0.05, 0) is 89.3 Å². The molecule has 1 N–H and O–H groups in total. The Bertz CT molecular complexity index is 1390. The summed E-state index contributed by atoms with van der Waals surface area (Å²) < 4.78 is 7.12. The Morgan fingerprint density at radius 1 is 1.09 bits per heavy atom. The van der Waals surface area contributed by atoms with Gasteiger partial charge in [0.15, 0.2) is 0 Å². The minimum absolute atomic E-state index is 0.249. The van der Waals surface area contributed by atoms with Gasteiger partial charge >= 0.3 is 0 Å². The molecule has 0 fully saturated rings. The fourth-order valence-electron chi connectivity index (χ4n) is 3.75. The number of rotatable bonds is 8. The molecule has 1 heterocycles. The van der Waals surface area contributed by atoms with Crippen LogP contribution < -0.4 is 10.1 Å². The number of nitrogens with zero attached hydrogens (tertiary/aromatic N) is 3. The van der Waals surface area contributed by atoms with Gasteiger partial charge in [-0.2, -0.15) is 4.80 Å². The first-order chi connectivity index (χ1) is 16.9. The van der Waals surface area contributed by atoms with Crippen molar-refractivity contribution in [2.75, 3.05) is 12.4 Å². The van der Waals surface area contributed by atoms with Crippen LogP contribution >= 0.6 is 31.9 Å². The fraction of sp³-hybridized carbons (Fsp3) is 0.222. The van der Waals surface area contributed by atoms with Crippen LogP contribution in [0.1, 0.15) is 36.5 Å². The highest BCUT2D eigenvalue weighted by Gasteiger charge is 2.11. The highest BCUT2D eigenvalue weighted by Crippen LogP contribution is 2.33. The molecule has 4 aromatic rings. The third kappa shape index (κ3) is 6.00. The Labute approximate surface area is 221 Å². The minimum atomic E-state index is -0.249. The number of hydrogen-bond donors (Lipinski definition) is 1. The zero-order valence-electron chi connectivity index (χ0n) is 19.8. The molecule has 6 nitrogen and oxygen atoms in total. The van der Waals surface area contributed by atoms with E-state index in [0.29, 0.717) is 17.0 Å². The molecule has 4 rings (SSSR count). The van der Waals surface area contributed by atoms with Gasteiger partial charge < -0.3 is 10.1 Å². The molecule has 0 atom stereocenters. The van der Waals surface area contributed by atoms with Crippen molar-refractivity contribution in [3.8, 4) is 11.4 Å². The lowest BCUT2D eigenvalue weighted by molar-refractivity contribution is -0.111. The topological polar surface area (TPSA) is 69.0 Å². The molecule has 0 saturated carbocycles. The maximum atomic E-state index is 12.7. The molecule has 180 valence electrons. The molecular weight excluding hydrogens is 572 g/mol. The number of halogens is 2. The average Bonchev–Trinajstić information content (AvgIpc) is 3.24. The molecule has 0 unspecified atom stereocenters. The zero-order valence-corrected chi connectivity index (χ0v) is 23.0. The second-order valence-corrected chi connectivity index (χ2v) is 10.0. The van der Waals surface area contributed by atoms with Gasteiger partial charge in [0.1, 0.15) is 16.8 Å². The number of carbonyl (C=O) groups excluding carboxylic acids is 1. The molecule has 0 bridgehead atoms. The predicted molar refractivity (Wildman–Crippen MR) is 148 cm³/mol. The molecule has 35 heavy (non-hydrogen) atoms. The Morgan fingerprint density at radius 3 is 2.49 bits per heavy atom. The van der Waals surface area contributed by atoms with E-state index in [1.165, 1.54) is 24.5 Å². The number of benzene rings is 3. The van der Waals surface area contributed by atoms with Crippen LogP contribution in [0.15, 0.2) is 63.6 Å². The van der Waals surface area contributed by atoms with Gasteiger partial charge in [-0.15, -0.1) is 10.2 Å². The number of unbranched alkanes of at least 4 members (excludes halogenated alkanes) is 1. The van der Waals surface area contributed by atoms with Crippen LogP contribution in [0.25, 0.3) is 22.8 Å². The molecule has 8 heteroatoms. The van der Waals surface area contributed by atoms with Crippen molar-refractivity contribution in [1.29, 1.82) is 0 Å². The van der Waals surface area contributed by atoms with E-state index >= 15 is 0 Å². The van der Waals surface area contributed by atoms with Gasteiger partial charge in [0.25, 0.3) is 0 Å². The van der Waals surface area contributed by atoms with Gasteiger partial charge in [0.2, 0.25) is 5.91 Å². The Kier molecular flexibility index (Phi) is 8.03. The van der Waals surface area contributed by atoms with E-state index in [1.54, 1.807) is 18.0 Å². The quantitative estimate of drug-likeness (QED) is 0.217. The summed E-state index contributed by atoms with van der Waals surface area (Å²) in [6, 6.07) is 15.9. The van der Waals surface area contributed by atoms with Crippen molar-refractivity contribution in [1.82, 2.24) is 15.0 Å². The van der Waals surface area contributed by atoms with Crippen molar-refractivity contribution in [2.45, 2.75) is 33.1 Å². The smallest absolute Gasteiger partial charge is 0.248 e. The third-order valence-corrected chi connectivity index (χ3v) is 6.67. The highest BCUT2D eigenvalue weighted by molar-refractivity contribution is 9.11. The number of anilines is 1. The number of methoxy groups -OCH3 is 1. The standard InChI is InChI=1S/C27H26Br2N4O2/c1-4-5-6-18-7-10-21(11-8-18)33-31-24-13-17(2)23(16-25(24)32-33)30-26(34)12-9-19-14-20(28)15-22(29)27(19)35-3/h7-16H,4-6H2,1-3H3,(H,30,34)/b12-9+. The average molecular weight is 598 g/mol. The largest absolute Gasteiger partial charge is 0.495 e. The summed E-state index contributed by atoms with van der Waals surface area (Å²) in [6.07, 6.45) is 6.64. The van der Waals surface area contributed by atoms with Crippen LogP contribution in [-0.4, -0.2) is 28.0 Å². The molecule has 0 aliphatic rings. The van der Waals surface area contributed by atoms with Crippen LogP contribution in [0.4, 0.5) is 5.69 Å². The molecule has 1 amide bonds. The Morgan fingerprint density at radius 2 is 1.80 bits per heavy atom. The third-order valence-electron chi connectivity index (χ3n) is 5.63. The normalized spacial score (nSPS) is 11.3. The van der Waals surface area contributed by atoms with E-state index in [-0.39, 0.29) is 5.91 Å². The summed E-state index contributed by atoms with van der Waals surface area (Å²) in [4.78, 5) is 14.3. The number of hydrogen-bond acceptors (Lipinski definition) is 4. The van der Waals surface area contributed by atoms with Crippen molar-refractivity contribution >= 4 is 60.6 Å². The first-order valence-electron chi connectivity index (χ1n) is 11.4. The van der Waals surface area contributed by atoms with E-state index in [4.69, 9.17) is 4.74 Å². The van der Waals surface area contributed by atoms with Crippen LogP contribution in [0.3, 0.4) is 0 Å². The van der Waals surface area contributed by atoms with E-state index in [1.807, 2.05) is 43.3 Å². The van der Waals surface area contributed by atoms with Gasteiger partial charge in [0, 0.05) is 21.8 Å². The van der Waals surface area contributed by atoms with Crippen molar-refractivity contribution < 1.29 is 9.53 Å². The van der Waals surface area contributed by atoms with Crippen LogP contribution in [0.5, 0.6) is 5.75 Å². The second kappa shape index (κ2) is 11.2. The van der Waals surface area contributed by atoms with Gasteiger partial charge in [-0.1, -0.05) is 41.4 Å². The lowest BCUT2D eigenvalue weighted by Gasteiger charge is -2.09. The van der Waals surface area contributed by atoms with Gasteiger partial charge in [-0.3, -0.25) is 4.79 Å². The number of aromatic nitrogens is 3. The molecular formula is C27H26Br2N4O2. The Balaban J connectivity index is 1.53. The molecule has 0 aliphatic carbocycles. The molecule has 3 aromatic carbocycles. The van der Waals surface area contributed by atoms with E-state index in [2.05, 4.69) is 66.4 Å². The zero-order chi connectivity index (χ0) is 24.9. The van der Waals surface area contributed by atoms with Crippen LogP contribution in [0, 0.1) is 6.92 Å². The van der Waals surface area contributed by atoms with Crippen molar-refractivity contribution in [3.05, 3.63) is 80.2 Å². The van der Waals surface area contributed by atoms with Crippen LogP contribution in [0.2, 0.25) is 0 Å². The van der Waals surface area contributed by atoms with E-state index in [9.17, 15) is 4.79 Å². The lowest BCUT2D eigenvalue weighted by atomic mass is 10.1. The summed E-state index contributed by atoms with van der Waals surface area (Å²) >= 11 is 6.95. The molecule has 0 radical (unpaired) electrons. The monoisotopic (exact) mass is 596 g/mol. The number of fused-ring (bicyclic) bond motifs is 1. The molecule has 0 saturated heterocycles. The van der Waals surface area contributed by atoms with Crippen molar-refractivity contribution in [2.24, 2.45) is 0 Å². The molecule has 0 spiro atoms. The number of carbonyl (C=O) groups is 1. The SMILES string of the molecule is CCCCc1ccc(-n2nc3cc(C)c(NC(=O)/C=C/c4cc(Br)cc(Br)c4OC)cc3n2)cc1.